The molecule has 0 bridgehead atoms. The van der Waals surface area contributed by atoms with Crippen molar-refractivity contribution >= 4 is 22.5 Å². The average molecular weight is 540 g/mol. The van der Waals surface area contributed by atoms with Crippen LogP contribution in [0.4, 0.5) is 13.2 Å². The largest absolute Gasteiger partial charge is 0.494 e. The monoisotopic (exact) mass is 539 g/mol. The van der Waals surface area contributed by atoms with E-state index in [0.717, 1.165) is 37.7 Å². The molecule has 8 nitrogen and oxygen atoms in total. The second-order valence-electron chi connectivity index (χ2n) is 9.63. The van der Waals surface area contributed by atoms with Gasteiger partial charge in [-0.15, -0.1) is 0 Å². The first-order valence-electron chi connectivity index (χ1n) is 12.5. The fraction of sp³-hybridized carbons (Fsp3) is 0.321. The number of rotatable bonds is 8. The van der Waals surface area contributed by atoms with E-state index >= 15 is 0 Å². The van der Waals surface area contributed by atoms with E-state index in [9.17, 15) is 18.0 Å². The molecular formula is C28H28F3N5O3. The van der Waals surface area contributed by atoms with Crippen LogP contribution in [-0.2, 0) is 6.18 Å². The predicted octanol–water partition coefficient (Wildman–Crippen LogP) is 5.13. The average Bonchev–Trinajstić information content (AvgIpc) is 3.28. The van der Waals surface area contributed by atoms with Gasteiger partial charge in [-0.3, -0.25) is 4.79 Å². The number of nitrogens with one attached hydrogen (secondary N) is 1. The number of carbonyl (C=O) groups is 1. The first kappa shape index (κ1) is 26.3. The molecule has 3 heterocycles. The van der Waals surface area contributed by atoms with Gasteiger partial charge in [-0.25, -0.2) is 9.97 Å². The van der Waals surface area contributed by atoms with E-state index in [0.29, 0.717) is 16.9 Å². The van der Waals surface area contributed by atoms with Gasteiger partial charge in [0.15, 0.2) is 11.5 Å². The molecule has 204 valence electrons. The fourth-order valence-electron chi connectivity index (χ4n) is 4.81. The number of amides is 1. The highest BCUT2D eigenvalue weighted by Gasteiger charge is 2.37. The van der Waals surface area contributed by atoms with Crippen molar-refractivity contribution in [2.75, 3.05) is 20.2 Å². The number of nitrogens with zero attached hydrogens (tertiary/aromatic N) is 3. The summed E-state index contributed by atoms with van der Waals surface area (Å²) in [6, 6.07) is 5.14. The number of fused-ring (bicyclic) bond motifs is 1. The summed E-state index contributed by atoms with van der Waals surface area (Å²) >= 11 is 0. The number of alkyl halides is 3. The normalized spacial score (nSPS) is 19.3. The summed E-state index contributed by atoms with van der Waals surface area (Å²) in [5.74, 6) is 0.0479. The van der Waals surface area contributed by atoms with Gasteiger partial charge in [0.05, 0.1) is 12.8 Å². The highest BCUT2D eigenvalue weighted by atomic mass is 19.4. The van der Waals surface area contributed by atoms with Gasteiger partial charge < -0.3 is 25.1 Å². The third-order valence-corrected chi connectivity index (χ3v) is 7.17. The second kappa shape index (κ2) is 10.1. The van der Waals surface area contributed by atoms with Crippen LogP contribution in [0, 0.1) is 5.92 Å². The molecule has 3 N–H and O–H groups in total. The Labute approximate surface area is 223 Å². The minimum absolute atomic E-state index is 0.00224. The molecule has 0 atom stereocenters. The molecule has 1 saturated heterocycles. The number of carbonyl (C=O) groups excluding carboxylic acids is 1. The second-order valence-corrected chi connectivity index (χ2v) is 9.63. The number of benzene rings is 1. The summed E-state index contributed by atoms with van der Waals surface area (Å²) < 4.78 is 51.2. The van der Waals surface area contributed by atoms with Crippen molar-refractivity contribution in [3.63, 3.8) is 0 Å². The molecule has 0 radical (unpaired) electrons. The Balaban J connectivity index is 1.47. The van der Waals surface area contributed by atoms with Crippen molar-refractivity contribution in [1.82, 2.24) is 20.2 Å². The van der Waals surface area contributed by atoms with E-state index in [1.165, 1.54) is 37.8 Å². The lowest BCUT2D eigenvalue weighted by Crippen LogP contribution is -2.48. The minimum atomic E-state index is -4.64. The van der Waals surface area contributed by atoms with Crippen molar-refractivity contribution < 1.29 is 27.1 Å². The number of hydrogen-bond acceptors (Lipinski definition) is 7. The molecule has 2 fully saturated rings. The van der Waals surface area contributed by atoms with Gasteiger partial charge >= 0.3 is 6.18 Å². The summed E-state index contributed by atoms with van der Waals surface area (Å²) in [4.78, 5) is 23.7. The van der Waals surface area contributed by atoms with E-state index in [-0.39, 0.29) is 40.3 Å². The minimum Gasteiger partial charge on any atom is -0.494 e. The Morgan fingerprint density at radius 1 is 1.23 bits per heavy atom. The highest BCUT2D eigenvalue weighted by Crippen LogP contribution is 2.39. The van der Waals surface area contributed by atoms with E-state index in [1.54, 1.807) is 6.07 Å². The number of likely N-dealkylation sites (tertiary alicyclic amines) is 1. The Hall–Kier alpha value is -4.28. The van der Waals surface area contributed by atoms with Gasteiger partial charge in [-0.05, 0) is 49.6 Å². The van der Waals surface area contributed by atoms with Crippen molar-refractivity contribution in [2.24, 2.45) is 11.7 Å². The fourth-order valence-corrected chi connectivity index (χ4v) is 4.81. The molecule has 3 aromatic rings. The van der Waals surface area contributed by atoms with Crippen LogP contribution in [0.1, 0.15) is 41.2 Å². The van der Waals surface area contributed by atoms with Crippen molar-refractivity contribution in [2.45, 2.75) is 31.5 Å². The topological polar surface area (TPSA) is 107 Å². The van der Waals surface area contributed by atoms with E-state index in [1.807, 2.05) is 0 Å². The lowest BCUT2D eigenvalue weighted by molar-refractivity contribution is -0.140. The quantitative estimate of drug-likeness (QED) is 0.382. The van der Waals surface area contributed by atoms with Crippen LogP contribution in [0.3, 0.4) is 0 Å². The van der Waals surface area contributed by atoms with Crippen LogP contribution in [0.25, 0.3) is 28.1 Å². The van der Waals surface area contributed by atoms with E-state index in [2.05, 4.69) is 33.3 Å². The number of nitrogens with two attached hydrogens (primary N) is 1. The molecule has 1 amide bonds. The van der Waals surface area contributed by atoms with Crippen LogP contribution in [0.15, 0.2) is 59.7 Å². The van der Waals surface area contributed by atoms with Crippen LogP contribution in [-0.4, -0.2) is 47.0 Å². The number of halogens is 3. The number of methoxy groups -OCH3 is 1. The molecule has 0 unspecified atom stereocenters. The van der Waals surface area contributed by atoms with E-state index in [4.69, 9.17) is 14.9 Å². The summed E-state index contributed by atoms with van der Waals surface area (Å²) in [7, 11) is 1.34. The van der Waals surface area contributed by atoms with Crippen LogP contribution < -0.4 is 15.8 Å². The molecule has 11 heteroatoms. The number of ether oxygens (including phenoxy) is 1. The Morgan fingerprint density at radius 2 is 1.97 bits per heavy atom. The number of hydrogen-bond donors (Lipinski definition) is 2. The molecule has 1 aliphatic carbocycles. The van der Waals surface area contributed by atoms with E-state index < -0.39 is 17.8 Å². The van der Waals surface area contributed by atoms with Crippen LogP contribution >= 0.6 is 0 Å². The standard InChI is InChI=1S/C28H28F3N5O3/c1-4-6-20(32)25-24(26(37)33-17-13-16(14-17)15(2)36-11-5-12-36)35-27(39-25)19-7-9-21(38-3)23-18(19)8-10-22(34-23)28(29,30)31/h4,6-10,16-17H,1-2,5,11-14,32H2,3H3,(H,33,37)/b20-6+. The highest BCUT2D eigenvalue weighted by molar-refractivity contribution is 5.99. The van der Waals surface area contributed by atoms with Gasteiger partial charge in [0.2, 0.25) is 5.89 Å². The maximum absolute atomic E-state index is 13.3. The van der Waals surface area contributed by atoms with Crippen LogP contribution in [0.5, 0.6) is 5.75 Å². The zero-order chi connectivity index (χ0) is 27.9. The first-order valence-corrected chi connectivity index (χ1v) is 12.5. The number of pyridine rings is 1. The Bertz CT molecular complexity index is 1480. The predicted molar refractivity (Wildman–Crippen MR) is 140 cm³/mol. The maximum Gasteiger partial charge on any atom is 0.433 e. The molecule has 2 aliphatic rings. The lowest BCUT2D eigenvalue weighted by atomic mass is 9.77. The summed E-state index contributed by atoms with van der Waals surface area (Å²) in [5.41, 5.74) is 6.61. The number of oxazole rings is 1. The molecule has 1 saturated carbocycles. The van der Waals surface area contributed by atoms with Crippen LogP contribution in [0.2, 0.25) is 0 Å². The first-order chi connectivity index (χ1) is 18.6. The Kier molecular flexibility index (Phi) is 6.83. The molecule has 2 aromatic heterocycles. The van der Waals surface area contributed by atoms with Gasteiger partial charge in [0.25, 0.3) is 5.91 Å². The molecule has 39 heavy (non-hydrogen) atoms. The Morgan fingerprint density at radius 3 is 2.59 bits per heavy atom. The number of aromatic nitrogens is 2. The molecular weight excluding hydrogens is 511 g/mol. The summed E-state index contributed by atoms with van der Waals surface area (Å²) in [5, 5.41) is 3.29. The molecule has 0 spiro atoms. The molecule has 1 aromatic carbocycles. The molecule has 1 aliphatic heterocycles. The third-order valence-electron chi connectivity index (χ3n) is 7.17. The summed E-state index contributed by atoms with van der Waals surface area (Å²) in [6.45, 7) is 9.88. The number of allylic oxidation sites excluding steroid dienone is 3. The zero-order valence-electron chi connectivity index (χ0n) is 21.3. The smallest absolute Gasteiger partial charge is 0.433 e. The third kappa shape index (κ3) is 4.96. The molecule has 5 rings (SSSR count). The van der Waals surface area contributed by atoms with Gasteiger partial charge in [0, 0.05) is 41.7 Å². The summed E-state index contributed by atoms with van der Waals surface area (Å²) in [6.07, 6.45) is 1.00. The maximum atomic E-state index is 13.3. The van der Waals surface area contributed by atoms with Crippen molar-refractivity contribution in [1.29, 1.82) is 0 Å². The van der Waals surface area contributed by atoms with Gasteiger partial charge in [-0.2, -0.15) is 13.2 Å². The zero-order valence-corrected chi connectivity index (χ0v) is 21.3. The van der Waals surface area contributed by atoms with Crippen molar-refractivity contribution in [3.8, 4) is 17.2 Å². The van der Waals surface area contributed by atoms with Gasteiger partial charge in [-0.1, -0.05) is 19.2 Å². The van der Waals surface area contributed by atoms with Crippen molar-refractivity contribution in [3.05, 3.63) is 72.4 Å². The lowest BCUT2D eigenvalue weighted by Gasteiger charge is -2.44. The van der Waals surface area contributed by atoms with Gasteiger partial charge in [0.1, 0.15) is 17.0 Å². The SMILES string of the molecule is C=C/C=C(/N)c1oc(-c2ccc(OC)c3nc(C(F)(F)F)ccc23)nc1C(=O)NC1CC(C(=C)N2CCC2)C1.